The second-order valence-electron chi connectivity index (χ2n) is 5.71. The van der Waals surface area contributed by atoms with E-state index in [1.807, 2.05) is 31.7 Å². The van der Waals surface area contributed by atoms with E-state index in [1.54, 1.807) is 11.1 Å². The number of sulfone groups is 1. The summed E-state index contributed by atoms with van der Waals surface area (Å²) < 4.78 is 24.7. The molecule has 0 aliphatic carbocycles. The van der Waals surface area contributed by atoms with Gasteiger partial charge in [-0.25, -0.2) is 18.2 Å². The molecule has 0 unspecified atom stereocenters. The van der Waals surface area contributed by atoms with Gasteiger partial charge in [0.05, 0.1) is 17.5 Å². The summed E-state index contributed by atoms with van der Waals surface area (Å²) in [5, 5.41) is 2.97. The Bertz CT molecular complexity index is 595. The van der Waals surface area contributed by atoms with Crippen LogP contribution in [0.4, 0.5) is 4.79 Å². The minimum absolute atomic E-state index is 0.0369. The zero-order valence-corrected chi connectivity index (χ0v) is 13.4. The van der Waals surface area contributed by atoms with Gasteiger partial charge < -0.3 is 14.8 Å². The quantitative estimate of drug-likeness (QED) is 0.883. The Kier molecular flexibility index (Phi) is 4.55. The number of imidazole rings is 1. The topological polar surface area (TPSA) is 84.3 Å². The predicted octanol–water partition coefficient (Wildman–Crippen LogP) is 0.557. The van der Waals surface area contributed by atoms with E-state index in [-0.39, 0.29) is 42.6 Å². The molecule has 2 heterocycles. The molecule has 1 N–H and O–H groups in total. The summed E-state index contributed by atoms with van der Waals surface area (Å²) in [5.74, 6) is 1.05. The van der Waals surface area contributed by atoms with E-state index >= 15 is 0 Å². The first-order valence-corrected chi connectivity index (χ1v) is 8.85. The fourth-order valence-electron chi connectivity index (χ4n) is 2.35. The van der Waals surface area contributed by atoms with Gasteiger partial charge in [-0.3, -0.25) is 0 Å². The summed E-state index contributed by atoms with van der Waals surface area (Å²) >= 11 is 0. The van der Waals surface area contributed by atoms with Crippen molar-refractivity contribution >= 4 is 15.9 Å². The van der Waals surface area contributed by atoms with Crippen LogP contribution in [-0.2, 0) is 16.9 Å². The molecule has 7 nitrogen and oxygen atoms in total. The van der Waals surface area contributed by atoms with Crippen molar-refractivity contribution in [3.8, 4) is 0 Å². The molecule has 1 aliphatic rings. The molecule has 0 saturated carbocycles. The molecule has 0 bridgehead atoms. The average Bonchev–Trinajstić information content (AvgIpc) is 2.81. The molecular formula is C13H22N4O3S. The van der Waals surface area contributed by atoms with Crippen molar-refractivity contribution in [3.63, 3.8) is 0 Å². The number of nitrogens with one attached hydrogen (secondary N) is 1. The molecular weight excluding hydrogens is 292 g/mol. The van der Waals surface area contributed by atoms with Crippen LogP contribution in [0.5, 0.6) is 0 Å². The first-order chi connectivity index (χ1) is 9.80. The van der Waals surface area contributed by atoms with Crippen LogP contribution in [-0.4, -0.2) is 53.5 Å². The molecule has 1 aromatic rings. The first kappa shape index (κ1) is 15.8. The highest BCUT2D eigenvalue weighted by Crippen LogP contribution is 2.20. The fraction of sp³-hybridized carbons (Fsp3) is 0.692. The monoisotopic (exact) mass is 314 g/mol. The Balaban J connectivity index is 2.05. The minimum atomic E-state index is -2.98. The number of hydrogen-bond acceptors (Lipinski definition) is 4. The maximum atomic E-state index is 12.3. The maximum absolute atomic E-state index is 12.3. The van der Waals surface area contributed by atoms with E-state index in [9.17, 15) is 13.2 Å². The van der Waals surface area contributed by atoms with Gasteiger partial charge in [0, 0.05) is 32.5 Å². The lowest BCUT2D eigenvalue weighted by Crippen LogP contribution is -2.49. The average molecular weight is 314 g/mol. The second kappa shape index (κ2) is 6.05. The molecule has 1 saturated heterocycles. The number of aryl methyl sites for hydroxylation is 1. The van der Waals surface area contributed by atoms with Gasteiger partial charge in [-0.15, -0.1) is 0 Å². The van der Waals surface area contributed by atoms with E-state index < -0.39 is 9.84 Å². The van der Waals surface area contributed by atoms with E-state index in [1.165, 1.54) is 0 Å². The molecule has 2 amide bonds. The Morgan fingerprint density at radius 3 is 2.43 bits per heavy atom. The molecule has 118 valence electrons. The molecule has 0 aromatic carbocycles. The lowest BCUT2D eigenvalue weighted by molar-refractivity contribution is 0.193. The van der Waals surface area contributed by atoms with Crippen molar-refractivity contribution < 1.29 is 13.2 Å². The van der Waals surface area contributed by atoms with Gasteiger partial charge >= 0.3 is 6.03 Å². The van der Waals surface area contributed by atoms with Gasteiger partial charge in [-0.2, -0.15) is 0 Å². The Morgan fingerprint density at radius 1 is 1.33 bits per heavy atom. The number of amides is 2. The van der Waals surface area contributed by atoms with Gasteiger partial charge in [0.2, 0.25) is 0 Å². The van der Waals surface area contributed by atoms with Gasteiger partial charge in [0.15, 0.2) is 9.84 Å². The van der Waals surface area contributed by atoms with Gasteiger partial charge in [-0.1, -0.05) is 13.8 Å². The van der Waals surface area contributed by atoms with Crippen molar-refractivity contribution in [1.82, 2.24) is 19.8 Å². The normalized spacial score (nSPS) is 19.5. The zero-order chi connectivity index (χ0) is 15.6. The van der Waals surface area contributed by atoms with Gasteiger partial charge in [0.1, 0.15) is 5.82 Å². The summed E-state index contributed by atoms with van der Waals surface area (Å²) in [6, 6.07) is -0.428. The molecule has 1 aliphatic heterocycles. The van der Waals surface area contributed by atoms with E-state index in [0.717, 1.165) is 5.82 Å². The molecule has 8 heteroatoms. The van der Waals surface area contributed by atoms with Crippen LogP contribution in [0.1, 0.15) is 25.7 Å². The van der Waals surface area contributed by atoms with Crippen LogP contribution in [0, 0.1) is 5.92 Å². The Morgan fingerprint density at radius 2 is 1.95 bits per heavy atom. The summed E-state index contributed by atoms with van der Waals surface area (Å²) in [5.41, 5.74) is 0. The largest absolute Gasteiger partial charge is 0.336 e. The van der Waals surface area contributed by atoms with Crippen LogP contribution in [0.2, 0.25) is 0 Å². The highest BCUT2D eigenvalue weighted by atomic mass is 32.2. The standard InChI is InChI=1S/C13H22N4O3S/c1-10(2)11(12-14-4-5-16(12)3)15-13(18)17-6-8-21(19,20)9-7-17/h4-5,10-11H,6-9H2,1-3H3,(H,15,18)/t11-/m1/s1. The van der Waals surface area contributed by atoms with Crippen molar-refractivity contribution in [3.05, 3.63) is 18.2 Å². The number of carbonyl (C=O) groups is 1. The summed E-state index contributed by atoms with van der Waals surface area (Å²) in [7, 11) is -1.10. The number of hydrogen-bond donors (Lipinski definition) is 1. The SMILES string of the molecule is CC(C)[C@@H](NC(=O)N1CCS(=O)(=O)CC1)c1nccn1C. The summed E-state index contributed by atoms with van der Waals surface area (Å²) in [6.07, 6.45) is 3.54. The molecule has 2 rings (SSSR count). The summed E-state index contributed by atoms with van der Waals surface area (Å²) in [6.45, 7) is 4.53. The molecule has 0 radical (unpaired) electrons. The van der Waals surface area contributed by atoms with Gasteiger partial charge in [0.25, 0.3) is 0 Å². The number of carbonyl (C=O) groups excluding carboxylic acids is 1. The predicted molar refractivity (Wildman–Crippen MR) is 79.5 cm³/mol. The fourth-order valence-corrected chi connectivity index (χ4v) is 3.55. The second-order valence-corrected chi connectivity index (χ2v) is 8.01. The molecule has 21 heavy (non-hydrogen) atoms. The van der Waals surface area contributed by atoms with Crippen LogP contribution in [0.15, 0.2) is 12.4 Å². The van der Waals surface area contributed by atoms with Crippen LogP contribution < -0.4 is 5.32 Å². The molecule has 1 atom stereocenters. The van der Waals surface area contributed by atoms with Crippen molar-refractivity contribution in [2.75, 3.05) is 24.6 Å². The van der Waals surface area contributed by atoms with Crippen LogP contribution in [0.3, 0.4) is 0 Å². The Labute approximate surface area is 125 Å². The Hall–Kier alpha value is -1.57. The van der Waals surface area contributed by atoms with Crippen LogP contribution >= 0.6 is 0 Å². The highest BCUT2D eigenvalue weighted by Gasteiger charge is 2.28. The number of aromatic nitrogens is 2. The lowest BCUT2D eigenvalue weighted by atomic mass is 10.0. The number of nitrogens with zero attached hydrogens (tertiary/aromatic N) is 3. The third kappa shape index (κ3) is 3.75. The molecule has 0 spiro atoms. The van der Waals surface area contributed by atoms with E-state index in [0.29, 0.717) is 0 Å². The molecule has 1 fully saturated rings. The molecule has 1 aromatic heterocycles. The third-order valence-electron chi connectivity index (χ3n) is 3.71. The van der Waals surface area contributed by atoms with Crippen molar-refractivity contribution in [1.29, 1.82) is 0 Å². The smallest absolute Gasteiger partial charge is 0.318 e. The summed E-state index contributed by atoms with van der Waals surface area (Å²) in [4.78, 5) is 18.2. The zero-order valence-electron chi connectivity index (χ0n) is 12.6. The minimum Gasteiger partial charge on any atom is -0.336 e. The van der Waals surface area contributed by atoms with Crippen molar-refractivity contribution in [2.45, 2.75) is 19.9 Å². The lowest BCUT2D eigenvalue weighted by Gasteiger charge is -2.30. The number of rotatable bonds is 3. The van der Waals surface area contributed by atoms with E-state index in [4.69, 9.17) is 0 Å². The van der Waals surface area contributed by atoms with Crippen molar-refractivity contribution in [2.24, 2.45) is 13.0 Å². The highest BCUT2D eigenvalue weighted by molar-refractivity contribution is 7.91. The van der Waals surface area contributed by atoms with Crippen LogP contribution in [0.25, 0.3) is 0 Å². The maximum Gasteiger partial charge on any atom is 0.318 e. The third-order valence-corrected chi connectivity index (χ3v) is 5.32. The van der Waals surface area contributed by atoms with Gasteiger partial charge in [-0.05, 0) is 5.92 Å². The van der Waals surface area contributed by atoms with E-state index in [2.05, 4.69) is 10.3 Å². The first-order valence-electron chi connectivity index (χ1n) is 7.03. The number of urea groups is 1.